The average molecular weight is 289 g/mol. The molecule has 1 aliphatic heterocycles. The van der Waals surface area contributed by atoms with Crippen LogP contribution >= 0.6 is 0 Å². The first-order valence-electron chi connectivity index (χ1n) is 7.06. The van der Waals surface area contributed by atoms with Gasteiger partial charge in [0.05, 0.1) is 5.60 Å². The molecule has 0 bridgehead atoms. The normalized spacial score (nSPS) is 17.8. The molecule has 1 N–H and O–H groups in total. The Labute approximate surface area is 122 Å². The summed E-state index contributed by atoms with van der Waals surface area (Å²) in [6, 6.07) is 13.3. The van der Waals surface area contributed by atoms with E-state index in [2.05, 4.69) is 4.90 Å². The van der Waals surface area contributed by atoms with Gasteiger partial charge in [-0.05, 0) is 31.0 Å². The monoisotopic (exact) mass is 289 g/mol. The number of aliphatic hydroxyl groups is 1. The molecule has 0 spiro atoms. The fourth-order valence-corrected chi connectivity index (χ4v) is 2.91. The Bertz CT molecular complexity index is 622. The molecular formula is C17H17F2NO. The largest absolute Gasteiger partial charge is 0.385 e. The van der Waals surface area contributed by atoms with E-state index in [-0.39, 0.29) is 5.56 Å². The van der Waals surface area contributed by atoms with Crippen molar-refractivity contribution in [3.05, 3.63) is 65.7 Å². The van der Waals surface area contributed by atoms with Crippen LogP contribution in [0.1, 0.15) is 18.4 Å². The number of rotatable bonds is 2. The Hall–Kier alpha value is -1.94. The first kappa shape index (κ1) is 14.0. The second kappa shape index (κ2) is 5.45. The SMILES string of the molecule is OC1(c2ccc(F)cc2F)CCN(c2ccccc2)CC1. The molecule has 0 aromatic heterocycles. The van der Waals surface area contributed by atoms with Crippen LogP contribution in [0.4, 0.5) is 14.5 Å². The Morgan fingerprint density at radius 2 is 1.62 bits per heavy atom. The van der Waals surface area contributed by atoms with Crippen LogP contribution in [0.3, 0.4) is 0 Å². The summed E-state index contributed by atoms with van der Waals surface area (Å²) in [5, 5.41) is 10.7. The van der Waals surface area contributed by atoms with Crippen LogP contribution in [0.25, 0.3) is 0 Å². The van der Waals surface area contributed by atoms with E-state index in [0.717, 1.165) is 11.8 Å². The lowest BCUT2D eigenvalue weighted by molar-refractivity contribution is 0.00841. The molecule has 0 aliphatic carbocycles. The van der Waals surface area contributed by atoms with Gasteiger partial charge in [-0.1, -0.05) is 24.3 Å². The summed E-state index contributed by atoms with van der Waals surface area (Å²) in [6.45, 7) is 1.27. The molecule has 0 atom stereocenters. The molecular weight excluding hydrogens is 272 g/mol. The predicted molar refractivity (Wildman–Crippen MR) is 78.1 cm³/mol. The van der Waals surface area contributed by atoms with Gasteiger partial charge in [0.1, 0.15) is 11.6 Å². The van der Waals surface area contributed by atoms with Crippen LogP contribution in [0, 0.1) is 11.6 Å². The lowest BCUT2D eigenvalue weighted by Crippen LogP contribution is -2.43. The minimum Gasteiger partial charge on any atom is -0.385 e. The Morgan fingerprint density at radius 3 is 2.24 bits per heavy atom. The molecule has 1 heterocycles. The second-order valence-electron chi connectivity index (χ2n) is 5.48. The highest BCUT2D eigenvalue weighted by molar-refractivity contribution is 5.46. The van der Waals surface area contributed by atoms with Crippen molar-refractivity contribution in [2.75, 3.05) is 18.0 Å². The third kappa shape index (κ3) is 2.76. The van der Waals surface area contributed by atoms with E-state index in [1.807, 2.05) is 30.3 Å². The molecule has 0 saturated carbocycles. The van der Waals surface area contributed by atoms with E-state index in [1.54, 1.807) is 0 Å². The quantitative estimate of drug-likeness (QED) is 0.915. The number of nitrogens with zero attached hydrogens (tertiary/aromatic N) is 1. The minimum absolute atomic E-state index is 0.191. The molecule has 4 heteroatoms. The summed E-state index contributed by atoms with van der Waals surface area (Å²) in [6.07, 6.45) is 0.842. The number of piperidine rings is 1. The zero-order valence-corrected chi connectivity index (χ0v) is 11.6. The maximum Gasteiger partial charge on any atom is 0.132 e. The van der Waals surface area contributed by atoms with Gasteiger partial charge in [0.25, 0.3) is 0 Å². The maximum absolute atomic E-state index is 13.9. The first-order valence-corrected chi connectivity index (χ1v) is 7.06. The zero-order chi connectivity index (χ0) is 14.9. The molecule has 0 amide bonds. The standard InChI is InChI=1S/C17H17F2NO/c18-13-6-7-15(16(19)12-13)17(21)8-10-20(11-9-17)14-4-2-1-3-5-14/h1-7,12,21H,8-11H2. The molecule has 0 radical (unpaired) electrons. The highest BCUT2D eigenvalue weighted by atomic mass is 19.1. The molecule has 110 valence electrons. The van der Waals surface area contributed by atoms with E-state index >= 15 is 0 Å². The molecule has 1 saturated heterocycles. The summed E-state index contributed by atoms with van der Waals surface area (Å²) in [7, 11) is 0. The van der Waals surface area contributed by atoms with Crippen molar-refractivity contribution in [1.29, 1.82) is 0 Å². The number of hydrogen-bond acceptors (Lipinski definition) is 2. The van der Waals surface area contributed by atoms with Crippen molar-refractivity contribution < 1.29 is 13.9 Å². The number of benzene rings is 2. The van der Waals surface area contributed by atoms with Crippen LogP contribution in [0.5, 0.6) is 0 Å². The van der Waals surface area contributed by atoms with Gasteiger partial charge in [0, 0.05) is 30.4 Å². The molecule has 21 heavy (non-hydrogen) atoms. The van der Waals surface area contributed by atoms with Gasteiger partial charge in [0.15, 0.2) is 0 Å². The number of halogens is 2. The van der Waals surface area contributed by atoms with E-state index in [0.29, 0.717) is 25.9 Å². The van der Waals surface area contributed by atoms with Gasteiger partial charge in [0.2, 0.25) is 0 Å². The maximum atomic E-state index is 13.9. The molecule has 3 rings (SSSR count). The molecule has 0 unspecified atom stereocenters. The van der Waals surface area contributed by atoms with Gasteiger partial charge in [-0.2, -0.15) is 0 Å². The van der Waals surface area contributed by atoms with E-state index in [4.69, 9.17) is 0 Å². The summed E-state index contributed by atoms with van der Waals surface area (Å²) in [5.41, 5.74) is 0.0685. The van der Waals surface area contributed by atoms with Crippen molar-refractivity contribution in [3.8, 4) is 0 Å². The van der Waals surface area contributed by atoms with Crippen LogP contribution in [0.15, 0.2) is 48.5 Å². The highest BCUT2D eigenvalue weighted by Gasteiger charge is 2.36. The van der Waals surface area contributed by atoms with E-state index in [9.17, 15) is 13.9 Å². The molecule has 1 aliphatic rings. The smallest absolute Gasteiger partial charge is 0.132 e. The molecule has 1 fully saturated rings. The van der Waals surface area contributed by atoms with Crippen LogP contribution < -0.4 is 4.90 Å². The van der Waals surface area contributed by atoms with Crippen molar-refractivity contribution in [3.63, 3.8) is 0 Å². The van der Waals surface area contributed by atoms with Crippen LogP contribution in [0.2, 0.25) is 0 Å². The van der Waals surface area contributed by atoms with E-state index in [1.165, 1.54) is 12.1 Å². The predicted octanol–water partition coefficient (Wildman–Crippen LogP) is 3.45. The summed E-state index contributed by atoms with van der Waals surface area (Å²) < 4.78 is 26.9. The summed E-state index contributed by atoms with van der Waals surface area (Å²) >= 11 is 0. The van der Waals surface area contributed by atoms with Gasteiger partial charge in [-0.3, -0.25) is 0 Å². The topological polar surface area (TPSA) is 23.5 Å². The Kier molecular flexibility index (Phi) is 3.64. The molecule has 2 aromatic rings. The highest BCUT2D eigenvalue weighted by Crippen LogP contribution is 2.35. The summed E-state index contributed by atoms with van der Waals surface area (Å²) in [5.74, 6) is -1.30. The zero-order valence-electron chi connectivity index (χ0n) is 11.6. The van der Waals surface area contributed by atoms with Gasteiger partial charge < -0.3 is 10.0 Å². The van der Waals surface area contributed by atoms with Crippen LogP contribution in [-0.4, -0.2) is 18.2 Å². The van der Waals surface area contributed by atoms with Crippen LogP contribution in [-0.2, 0) is 5.60 Å². The van der Waals surface area contributed by atoms with Crippen molar-refractivity contribution in [2.24, 2.45) is 0 Å². The third-order valence-corrected chi connectivity index (χ3v) is 4.14. The number of hydrogen-bond donors (Lipinski definition) is 1. The lowest BCUT2D eigenvalue weighted by atomic mass is 9.84. The van der Waals surface area contributed by atoms with Crippen molar-refractivity contribution in [1.82, 2.24) is 0 Å². The Balaban J connectivity index is 1.78. The number of anilines is 1. The van der Waals surface area contributed by atoms with Crippen molar-refractivity contribution >= 4 is 5.69 Å². The Morgan fingerprint density at radius 1 is 0.952 bits per heavy atom. The molecule has 2 nitrogen and oxygen atoms in total. The average Bonchev–Trinajstić information content (AvgIpc) is 2.48. The fourth-order valence-electron chi connectivity index (χ4n) is 2.91. The second-order valence-corrected chi connectivity index (χ2v) is 5.48. The fraction of sp³-hybridized carbons (Fsp3) is 0.294. The summed E-state index contributed by atoms with van der Waals surface area (Å²) in [4.78, 5) is 2.16. The lowest BCUT2D eigenvalue weighted by Gasteiger charge is -2.39. The first-order chi connectivity index (χ1) is 10.1. The van der Waals surface area contributed by atoms with Gasteiger partial charge >= 0.3 is 0 Å². The van der Waals surface area contributed by atoms with Crippen molar-refractivity contribution in [2.45, 2.75) is 18.4 Å². The van der Waals surface area contributed by atoms with Gasteiger partial charge in [-0.25, -0.2) is 8.78 Å². The van der Waals surface area contributed by atoms with Gasteiger partial charge in [-0.15, -0.1) is 0 Å². The number of para-hydroxylation sites is 1. The van der Waals surface area contributed by atoms with E-state index < -0.39 is 17.2 Å². The third-order valence-electron chi connectivity index (χ3n) is 4.14. The minimum atomic E-state index is -1.22. The molecule has 2 aromatic carbocycles.